The lowest BCUT2D eigenvalue weighted by molar-refractivity contribution is 0.716. The second-order valence-electron chi connectivity index (χ2n) is 3.26. The number of rotatable bonds is 3. The summed E-state index contributed by atoms with van der Waals surface area (Å²) in [4.78, 5) is 12.0. The lowest BCUT2D eigenvalue weighted by atomic mass is 10.1. The maximum Gasteiger partial charge on any atom is 0.264 e. The maximum atomic E-state index is 10.9. The highest BCUT2D eigenvalue weighted by molar-refractivity contribution is 9.10. The van der Waals surface area contributed by atoms with Gasteiger partial charge in [-0.15, -0.1) is 11.3 Å². The van der Waals surface area contributed by atoms with Crippen LogP contribution in [0.25, 0.3) is 0 Å². The average molecular weight is 288 g/mol. The van der Waals surface area contributed by atoms with Crippen LogP contribution < -0.4 is 11.3 Å². The fraction of sp³-hybridized carbons (Fsp3) is 0.222. The lowest BCUT2D eigenvalue weighted by Gasteiger charge is -2.06. The normalized spacial score (nSPS) is 12.9. The smallest absolute Gasteiger partial charge is 0.264 e. The molecule has 15 heavy (non-hydrogen) atoms. The predicted molar refractivity (Wildman–Crippen MR) is 64.1 cm³/mol. The van der Waals surface area contributed by atoms with Crippen LogP contribution in [0.5, 0.6) is 0 Å². The zero-order valence-corrected chi connectivity index (χ0v) is 10.2. The van der Waals surface area contributed by atoms with Crippen LogP contribution in [0.4, 0.5) is 0 Å². The van der Waals surface area contributed by atoms with Crippen molar-refractivity contribution in [2.24, 2.45) is 5.73 Å². The molecule has 0 spiro atoms. The van der Waals surface area contributed by atoms with Crippen LogP contribution in [0.2, 0.25) is 0 Å². The van der Waals surface area contributed by atoms with E-state index in [1.54, 1.807) is 11.3 Å². The summed E-state index contributed by atoms with van der Waals surface area (Å²) in [5.74, 6) is 0. The van der Waals surface area contributed by atoms with Crippen molar-refractivity contribution in [2.75, 3.05) is 0 Å². The third-order valence-corrected chi connectivity index (χ3v) is 3.87. The monoisotopic (exact) mass is 287 g/mol. The summed E-state index contributed by atoms with van der Waals surface area (Å²) in [5.41, 5.74) is 6.71. The average Bonchev–Trinajstić information content (AvgIpc) is 2.75. The molecule has 0 aliphatic rings. The van der Waals surface area contributed by atoms with Crippen LogP contribution in [0, 0.1) is 0 Å². The molecule has 0 amide bonds. The Labute approximate surface area is 98.6 Å². The minimum absolute atomic E-state index is 0.0762. The quantitative estimate of drug-likeness (QED) is 0.805. The van der Waals surface area contributed by atoms with E-state index in [1.807, 2.05) is 11.4 Å². The molecule has 4 N–H and O–H groups in total. The predicted octanol–water partition coefficient (Wildman–Crippen LogP) is 1.77. The number of aromatic amines is 2. The van der Waals surface area contributed by atoms with Crippen LogP contribution in [-0.2, 0) is 6.42 Å². The summed E-state index contributed by atoms with van der Waals surface area (Å²) in [7, 11) is 0. The first-order valence-electron chi connectivity index (χ1n) is 4.41. The molecular weight excluding hydrogens is 278 g/mol. The van der Waals surface area contributed by atoms with Crippen molar-refractivity contribution < 1.29 is 0 Å². The van der Waals surface area contributed by atoms with Gasteiger partial charge in [-0.05, 0) is 22.0 Å². The number of H-pyrrole nitrogens is 2. The molecule has 2 heterocycles. The number of hydrogen-bond acceptors (Lipinski definition) is 3. The maximum absolute atomic E-state index is 10.9. The highest BCUT2D eigenvalue weighted by atomic mass is 79.9. The van der Waals surface area contributed by atoms with E-state index in [0.29, 0.717) is 6.42 Å². The molecular formula is C9H10BrN3OS. The molecule has 0 saturated heterocycles. The third kappa shape index (κ3) is 2.58. The minimum atomic E-state index is -0.121. The molecule has 0 saturated carbocycles. The minimum Gasteiger partial charge on any atom is -0.323 e. The van der Waals surface area contributed by atoms with Gasteiger partial charge in [0.05, 0.1) is 0 Å². The van der Waals surface area contributed by atoms with Crippen molar-refractivity contribution in [3.63, 3.8) is 0 Å². The van der Waals surface area contributed by atoms with E-state index in [9.17, 15) is 4.79 Å². The number of aromatic nitrogens is 2. The standard InChI is InChI=1S/C9H10BrN3OS/c10-5-1-8(15-4-5)7(11)2-6-3-9(14)13-12-6/h1,3-4,7H,2,11H2,(H2,12,13,14). The molecule has 4 nitrogen and oxygen atoms in total. The Kier molecular flexibility index (Phi) is 3.08. The Morgan fingerprint density at radius 1 is 1.47 bits per heavy atom. The van der Waals surface area contributed by atoms with Crippen molar-refractivity contribution in [1.82, 2.24) is 10.2 Å². The third-order valence-electron chi connectivity index (χ3n) is 2.04. The highest BCUT2D eigenvalue weighted by Crippen LogP contribution is 2.25. The van der Waals surface area contributed by atoms with Gasteiger partial charge in [0.15, 0.2) is 0 Å². The van der Waals surface area contributed by atoms with Gasteiger partial charge < -0.3 is 10.8 Å². The van der Waals surface area contributed by atoms with E-state index in [4.69, 9.17) is 5.73 Å². The Bertz CT molecular complexity index is 501. The van der Waals surface area contributed by atoms with Gasteiger partial charge >= 0.3 is 0 Å². The molecule has 2 aromatic heterocycles. The Morgan fingerprint density at radius 3 is 2.80 bits per heavy atom. The van der Waals surface area contributed by atoms with E-state index in [2.05, 4.69) is 26.1 Å². The van der Waals surface area contributed by atoms with Crippen molar-refractivity contribution >= 4 is 27.3 Å². The first-order chi connectivity index (χ1) is 7.15. The summed E-state index contributed by atoms with van der Waals surface area (Å²) in [6, 6.07) is 3.45. The first kappa shape index (κ1) is 10.7. The Balaban J connectivity index is 2.10. The number of nitrogens with two attached hydrogens (primary N) is 1. The lowest BCUT2D eigenvalue weighted by Crippen LogP contribution is -2.12. The van der Waals surface area contributed by atoms with E-state index in [-0.39, 0.29) is 11.6 Å². The van der Waals surface area contributed by atoms with E-state index in [0.717, 1.165) is 15.0 Å². The molecule has 2 rings (SSSR count). The second kappa shape index (κ2) is 4.34. The van der Waals surface area contributed by atoms with Gasteiger partial charge in [-0.1, -0.05) is 0 Å². The second-order valence-corrected chi connectivity index (χ2v) is 5.12. The van der Waals surface area contributed by atoms with Gasteiger partial charge in [0, 0.05) is 39.0 Å². The number of halogens is 1. The molecule has 0 fully saturated rings. The van der Waals surface area contributed by atoms with E-state index >= 15 is 0 Å². The topological polar surface area (TPSA) is 74.7 Å². The van der Waals surface area contributed by atoms with Crippen molar-refractivity contribution in [1.29, 1.82) is 0 Å². The number of nitrogens with one attached hydrogen (secondary N) is 2. The molecule has 0 aliphatic heterocycles. The summed E-state index contributed by atoms with van der Waals surface area (Å²) >= 11 is 4.99. The molecule has 1 unspecified atom stereocenters. The van der Waals surface area contributed by atoms with Gasteiger partial charge in [0.25, 0.3) is 5.56 Å². The number of thiophene rings is 1. The summed E-state index contributed by atoms with van der Waals surface area (Å²) < 4.78 is 1.04. The van der Waals surface area contributed by atoms with Gasteiger partial charge in [0.1, 0.15) is 0 Å². The highest BCUT2D eigenvalue weighted by Gasteiger charge is 2.10. The van der Waals surface area contributed by atoms with Gasteiger partial charge in [0.2, 0.25) is 0 Å². The van der Waals surface area contributed by atoms with Crippen LogP contribution in [0.15, 0.2) is 26.8 Å². The molecule has 80 valence electrons. The molecule has 0 aromatic carbocycles. The zero-order chi connectivity index (χ0) is 10.8. The largest absolute Gasteiger partial charge is 0.323 e. The Hall–Kier alpha value is -0.850. The van der Waals surface area contributed by atoms with Gasteiger partial charge in [-0.25, -0.2) is 0 Å². The molecule has 1 atom stereocenters. The zero-order valence-electron chi connectivity index (χ0n) is 7.79. The fourth-order valence-corrected chi connectivity index (χ4v) is 2.79. The van der Waals surface area contributed by atoms with Crippen LogP contribution in [0.1, 0.15) is 16.6 Å². The first-order valence-corrected chi connectivity index (χ1v) is 6.08. The SMILES string of the molecule is NC(Cc1cc(=O)[nH][nH]1)c1cc(Br)cs1. The molecule has 0 aliphatic carbocycles. The van der Waals surface area contributed by atoms with Crippen LogP contribution >= 0.6 is 27.3 Å². The number of hydrogen-bond donors (Lipinski definition) is 3. The van der Waals surface area contributed by atoms with E-state index in [1.165, 1.54) is 6.07 Å². The summed E-state index contributed by atoms with van der Waals surface area (Å²) in [6.45, 7) is 0. The van der Waals surface area contributed by atoms with Crippen molar-refractivity contribution in [3.8, 4) is 0 Å². The van der Waals surface area contributed by atoms with Crippen LogP contribution in [-0.4, -0.2) is 10.2 Å². The van der Waals surface area contributed by atoms with Crippen molar-refractivity contribution in [3.05, 3.63) is 42.9 Å². The van der Waals surface area contributed by atoms with Crippen molar-refractivity contribution in [2.45, 2.75) is 12.5 Å². The van der Waals surface area contributed by atoms with Gasteiger partial charge in [-0.3, -0.25) is 9.89 Å². The Morgan fingerprint density at radius 2 is 2.27 bits per heavy atom. The molecule has 2 aromatic rings. The fourth-order valence-electron chi connectivity index (χ4n) is 1.34. The summed E-state index contributed by atoms with van der Waals surface area (Å²) in [5, 5.41) is 7.27. The van der Waals surface area contributed by atoms with Gasteiger partial charge in [-0.2, -0.15) is 0 Å². The van der Waals surface area contributed by atoms with Crippen LogP contribution in [0.3, 0.4) is 0 Å². The molecule has 0 bridgehead atoms. The molecule has 0 radical (unpaired) electrons. The molecule has 6 heteroatoms. The van der Waals surface area contributed by atoms with E-state index < -0.39 is 0 Å². The summed E-state index contributed by atoms with van der Waals surface area (Å²) in [6.07, 6.45) is 0.631.